The molecule has 0 unspecified atom stereocenters. The highest BCUT2D eigenvalue weighted by atomic mass is 19.1. The van der Waals surface area contributed by atoms with Crippen molar-refractivity contribution in [3.63, 3.8) is 0 Å². The van der Waals surface area contributed by atoms with Gasteiger partial charge in [-0.3, -0.25) is 9.69 Å². The number of benzene rings is 2. The van der Waals surface area contributed by atoms with Crippen LogP contribution < -0.4 is 10.5 Å². The number of ether oxygens (including phenoxy) is 2. The van der Waals surface area contributed by atoms with Crippen LogP contribution in [0.25, 0.3) is 22.3 Å². The molecule has 1 atom stereocenters. The van der Waals surface area contributed by atoms with Gasteiger partial charge in [0.15, 0.2) is 5.65 Å². The van der Waals surface area contributed by atoms with Crippen LogP contribution in [0.1, 0.15) is 32.7 Å². The van der Waals surface area contributed by atoms with Gasteiger partial charge < -0.3 is 20.1 Å². The summed E-state index contributed by atoms with van der Waals surface area (Å²) in [5.74, 6) is 0.268. The fourth-order valence-corrected chi connectivity index (χ4v) is 6.65. The van der Waals surface area contributed by atoms with Crippen LogP contribution in [0.3, 0.4) is 0 Å². The van der Waals surface area contributed by atoms with E-state index < -0.39 is 11.4 Å². The average molecular weight is 623 g/mol. The number of likely N-dealkylation sites (tertiary alicyclic amines) is 2. The second kappa shape index (κ2) is 11.5. The lowest BCUT2D eigenvalue weighted by Crippen LogP contribution is -2.70. The van der Waals surface area contributed by atoms with Gasteiger partial charge in [-0.15, -0.1) is 0 Å². The molecule has 0 radical (unpaired) electrons. The Kier molecular flexibility index (Phi) is 7.45. The lowest BCUT2D eigenvalue weighted by atomic mass is 9.75. The van der Waals surface area contributed by atoms with Crippen LogP contribution in [0.4, 0.5) is 10.2 Å². The van der Waals surface area contributed by atoms with Crippen LogP contribution in [0.2, 0.25) is 0 Å². The number of carbonyl (C=O) groups is 1. The molecule has 12 heteroatoms. The fraction of sp³-hybridized carbons (Fsp3) is 0.382. The van der Waals surface area contributed by atoms with Gasteiger partial charge in [0, 0.05) is 48.8 Å². The zero-order valence-electron chi connectivity index (χ0n) is 25.8. The van der Waals surface area contributed by atoms with Gasteiger partial charge in [0.2, 0.25) is 0 Å². The molecule has 1 spiro atoms. The number of hydrogen-bond donors (Lipinski definition) is 1. The van der Waals surface area contributed by atoms with E-state index in [1.807, 2.05) is 32.0 Å². The van der Waals surface area contributed by atoms with E-state index in [0.29, 0.717) is 54.2 Å². The second-order valence-electron chi connectivity index (χ2n) is 13.0. The summed E-state index contributed by atoms with van der Waals surface area (Å²) < 4.78 is 28.5. The van der Waals surface area contributed by atoms with Gasteiger partial charge in [0.25, 0.3) is 5.91 Å². The molecule has 2 aromatic carbocycles. The third-order valence-electron chi connectivity index (χ3n) is 9.25. The summed E-state index contributed by atoms with van der Waals surface area (Å²) in [5.41, 5.74) is 7.19. The minimum absolute atomic E-state index is 0.119. The quantitative estimate of drug-likeness (QED) is 0.229. The van der Waals surface area contributed by atoms with Crippen molar-refractivity contribution in [1.82, 2.24) is 29.5 Å². The largest absolute Gasteiger partial charge is 0.457 e. The van der Waals surface area contributed by atoms with Gasteiger partial charge in [-0.2, -0.15) is 10.4 Å². The zero-order chi connectivity index (χ0) is 32.1. The third kappa shape index (κ3) is 5.35. The molecule has 3 aliphatic heterocycles. The number of nitriles is 1. The molecule has 2 aromatic heterocycles. The summed E-state index contributed by atoms with van der Waals surface area (Å²) in [5, 5.41) is 15.3. The minimum atomic E-state index is -0.534. The number of hydrogen-bond acceptors (Lipinski definition) is 9. The summed E-state index contributed by atoms with van der Waals surface area (Å²) in [7, 11) is 0. The van der Waals surface area contributed by atoms with E-state index in [9.17, 15) is 10.1 Å². The smallest absolute Gasteiger partial charge is 0.264 e. The normalized spacial score (nSPS) is 19.8. The lowest BCUT2D eigenvalue weighted by molar-refractivity contribution is -0.204. The SMILES string of the molecule is CC(C)(C=C(C#N)C(=O)N1CCC[C@@H](n2nc(-c3ccc(Oc4ccccc4)cc3F)c3c(N)ncnc32)C1)N1CC2(COC2)C1. The number of rotatable bonds is 7. The van der Waals surface area contributed by atoms with Crippen LogP contribution in [0.5, 0.6) is 11.5 Å². The number of amides is 1. The molecule has 3 aliphatic rings. The number of anilines is 1. The average Bonchev–Trinajstić information content (AvgIpc) is 3.39. The number of nitrogens with two attached hydrogens (primary N) is 1. The Balaban J connectivity index is 1.14. The van der Waals surface area contributed by atoms with Crippen molar-refractivity contribution in [2.24, 2.45) is 5.41 Å². The maximum Gasteiger partial charge on any atom is 0.264 e. The van der Waals surface area contributed by atoms with E-state index >= 15 is 4.39 Å². The van der Waals surface area contributed by atoms with E-state index in [2.05, 4.69) is 20.9 Å². The van der Waals surface area contributed by atoms with Crippen LogP contribution >= 0.6 is 0 Å². The highest BCUT2D eigenvalue weighted by molar-refractivity contribution is 5.99. The Bertz CT molecular complexity index is 1870. The van der Waals surface area contributed by atoms with Crippen molar-refractivity contribution in [3.05, 3.63) is 72.3 Å². The van der Waals surface area contributed by atoms with Crippen molar-refractivity contribution < 1.29 is 18.7 Å². The Hall–Kier alpha value is -4.86. The molecule has 46 heavy (non-hydrogen) atoms. The van der Waals surface area contributed by atoms with Gasteiger partial charge in [-0.1, -0.05) is 18.2 Å². The van der Waals surface area contributed by atoms with E-state index in [4.69, 9.17) is 20.3 Å². The fourth-order valence-electron chi connectivity index (χ4n) is 6.65. The number of para-hydroxylation sites is 1. The number of fused-ring (bicyclic) bond motifs is 1. The maximum absolute atomic E-state index is 15.6. The highest BCUT2D eigenvalue weighted by Crippen LogP contribution is 2.42. The Morgan fingerprint density at radius 3 is 2.65 bits per heavy atom. The topological polar surface area (TPSA) is 135 Å². The van der Waals surface area contributed by atoms with E-state index in [1.54, 1.807) is 39.9 Å². The van der Waals surface area contributed by atoms with Crippen LogP contribution in [-0.4, -0.2) is 80.4 Å². The molecule has 1 amide bonds. The van der Waals surface area contributed by atoms with Gasteiger partial charge in [-0.25, -0.2) is 19.0 Å². The highest BCUT2D eigenvalue weighted by Gasteiger charge is 2.52. The summed E-state index contributed by atoms with van der Waals surface area (Å²) in [6.45, 7) is 8.20. The van der Waals surface area contributed by atoms with Gasteiger partial charge in [0.1, 0.15) is 46.8 Å². The summed E-state index contributed by atoms with van der Waals surface area (Å²) >= 11 is 0. The molecule has 2 N–H and O–H groups in total. The Morgan fingerprint density at radius 2 is 1.96 bits per heavy atom. The number of piperidine rings is 1. The molecule has 236 valence electrons. The molecule has 0 saturated carbocycles. The number of nitrogen functional groups attached to an aromatic ring is 1. The molecular weight excluding hydrogens is 587 g/mol. The van der Waals surface area contributed by atoms with Crippen molar-refractivity contribution in [3.8, 4) is 28.8 Å². The lowest BCUT2D eigenvalue weighted by Gasteiger charge is -2.59. The molecule has 3 fully saturated rings. The molecule has 11 nitrogen and oxygen atoms in total. The van der Waals surface area contributed by atoms with Gasteiger partial charge in [0.05, 0.1) is 24.6 Å². The molecule has 3 saturated heterocycles. The monoisotopic (exact) mass is 622 g/mol. The van der Waals surface area contributed by atoms with Crippen LogP contribution in [-0.2, 0) is 9.53 Å². The van der Waals surface area contributed by atoms with Gasteiger partial charge in [-0.05, 0) is 57.0 Å². The molecule has 7 rings (SSSR count). The maximum atomic E-state index is 15.6. The summed E-state index contributed by atoms with van der Waals surface area (Å²) in [6, 6.07) is 15.6. The van der Waals surface area contributed by atoms with Gasteiger partial charge >= 0.3 is 0 Å². The zero-order valence-corrected chi connectivity index (χ0v) is 25.8. The first-order valence-corrected chi connectivity index (χ1v) is 15.4. The second-order valence-corrected chi connectivity index (χ2v) is 13.0. The summed E-state index contributed by atoms with van der Waals surface area (Å²) in [4.78, 5) is 26.3. The number of nitrogens with zero attached hydrogens (tertiary/aromatic N) is 7. The molecule has 4 aromatic rings. The first-order valence-electron chi connectivity index (χ1n) is 15.4. The molecular formula is C34H35FN8O3. The van der Waals surface area contributed by atoms with E-state index in [1.165, 1.54) is 12.4 Å². The molecule has 5 heterocycles. The number of halogens is 1. The van der Waals surface area contributed by atoms with E-state index in [-0.39, 0.29) is 34.3 Å². The Morgan fingerprint density at radius 1 is 1.17 bits per heavy atom. The first kappa shape index (κ1) is 29.8. The third-order valence-corrected chi connectivity index (χ3v) is 9.25. The predicted molar refractivity (Wildman–Crippen MR) is 169 cm³/mol. The van der Waals surface area contributed by atoms with E-state index in [0.717, 1.165) is 26.3 Å². The number of carbonyl (C=O) groups excluding carboxylic acids is 1. The number of aromatic nitrogens is 4. The standard InChI is InChI=1S/C34H35FN8O3/c1-33(2,42-17-34(18-42)19-45-20-34)14-22(15-36)32(44)41-12-6-7-23(16-41)43-31-28(30(37)38-21-39-31)29(40-43)26-11-10-25(13-27(26)35)46-24-8-4-3-5-9-24/h3-5,8-11,13-14,21,23H,6-7,12,16-20H2,1-2H3,(H2,37,38,39)/t23-/m1/s1. The Labute approximate surface area is 266 Å². The van der Waals surface area contributed by atoms with Crippen LogP contribution in [0, 0.1) is 22.6 Å². The van der Waals surface area contributed by atoms with Crippen LogP contribution in [0.15, 0.2) is 66.5 Å². The van der Waals surface area contributed by atoms with Crippen molar-refractivity contribution in [2.75, 3.05) is 45.1 Å². The first-order chi connectivity index (χ1) is 22.2. The molecule has 0 aliphatic carbocycles. The molecule has 0 bridgehead atoms. The van der Waals surface area contributed by atoms with Crippen molar-refractivity contribution in [2.45, 2.75) is 38.3 Å². The predicted octanol–water partition coefficient (Wildman–Crippen LogP) is 4.73. The summed E-state index contributed by atoms with van der Waals surface area (Å²) in [6.07, 6.45) is 4.55. The minimum Gasteiger partial charge on any atom is -0.457 e. The van der Waals surface area contributed by atoms with Crippen molar-refractivity contribution >= 4 is 22.8 Å². The van der Waals surface area contributed by atoms with Crippen molar-refractivity contribution in [1.29, 1.82) is 5.26 Å².